The Balaban J connectivity index is 2.18. The summed E-state index contributed by atoms with van der Waals surface area (Å²) < 4.78 is 0. The third kappa shape index (κ3) is 1.78. The van der Waals surface area contributed by atoms with Gasteiger partial charge in [0.2, 0.25) is 5.91 Å². The Bertz CT molecular complexity index is 388. The molecule has 86 valence electrons. The summed E-state index contributed by atoms with van der Waals surface area (Å²) in [5.74, 6) is -0.249. The zero-order chi connectivity index (χ0) is 11.5. The van der Waals surface area contributed by atoms with Crippen molar-refractivity contribution in [1.82, 2.24) is 20.4 Å². The van der Waals surface area contributed by atoms with E-state index in [9.17, 15) is 9.59 Å². The van der Waals surface area contributed by atoms with E-state index in [1.807, 2.05) is 6.92 Å². The highest BCUT2D eigenvalue weighted by Crippen LogP contribution is 2.11. The maximum absolute atomic E-state index is 12.1. The zero-order valence-corrected chi connectivity index (χ0v) is 9.06. The minimum absolute atomic E-state index is 0.0818. The summed E-state index contributed by atoms with van der Waals surface area (Å²) in [7, 11) is 0. The lowest BCUT2D eigenvalue weighted by Gasteiger charge is -2.34. The fraction of sp³-hybridized carbons (Fsp3) is 0.500. The average molecular weight is 222 g/mol. The highest BCUT2D eigenvalue weighted by molar-refractivity contribution is 5.96. The van der Waals surface area contributed by atoms with Crippen LogP contribution < -0.4 is 5.32 Å². The number of carbonyl (C=O) groups excluding carboxylic acids is 2. The van der Waals surface area contributed by atoms with Crippen molar-refractivity contribution in [2.45, 2.75) is 19.4 Å². The van der Waals surface area contributed by atoms with E-state index in [-0.39, 0.29) is 17.9 Å². The fourth-order valence-corrected chi connectivity index (χ4v) is 1.89. The number of hydrogen-bond donors (Lipinski definition) is 2. The van der Waals surface area contributed by atoms with Crippen LogP contribution in [-0.4, -0.2) is 46.0 Å². The Morgan fingerprint density at radius 1 is 1.69 bits per heavy atom. The summed E-state index contributed by atoms with van der Waals surface area (Å²) in [6, 6.07) is 1.24. The van der Waals surface area contributed by atoms with Crippen molar-refractivity contribution in [3.8, 4) is 0 Å². The lowest BCUT2D eigenvalue weighted by molar-refractivity contribution is -0.127. The number of hydrogen-bond acceptors (Lipinski definition) is 3. The van der Waals surface area contributed by atoms with Crippen LogP contribution in [0.4, 0.5) is 0 Å². The maximum atomic E-state index is 12.1. The number of carbonyl (C=O) groups is 2. The summed E-state index contributed by atoms with van der Waals surface area (Å²) >= 11 is 0. The van der Waals surface area contributed by atoms with E-state index in [0.29, 0.717) is 25.2 Å². The molecule has 2 N–H and O–H groups in total. The Morgan fingerprint density at radius 2 is 2.50 bits per heavy atom. The number of nitrogens with one attached hydrogen (secondary N) is 2. The molecule has 0 saturated carbocycles. The van der Waals surface area contributed by atoms with Gasteiger partial charge in [-0.05, 0) is 12.5 Å². The van der Waals surface area contributed by atoms with Gasteiger partial charge >= 0.3 is 0 Å². The molecule has 2 heterocycles. The molecule has 1 aliphatic rings. The number of H-pyrrole nitrogens is 1. The molecule has 0 radical (unpaired) electrons. The van der Waals surface area contributed by atoms with Gasteiger partial charge in [0.25, 0.3) is 5.91 Å². The summed E-state index contributed by atoms with van der Waals surface area (Å²) in [5, 5.41) is 9.11. The standard InChI is InChI=1S/C10H14N4O2/c1-2-8-9(15)11-5-6-14(8)10(16)7-3-4-12-13-7/h3-4,8H,2,5-6H2,1H3,(H,11,15)(H,12,13). The van der Waals surface area contributed by atoms with Crippen LogP contribution in [0, 0.1) is 0 Å². The molecule has 0 aliphatic carbocycles. The van der Waals surface area contributed by atoms with Crippen molar-refractivity contribution in [2.75, 3.05) is 13.1 Å². The van der Waals surface area contributed by atoms with Crippen molar-refractivity contribution >= 4 is 11.8 Å². The second-order valence-corrected chi connectivity index (χ2v) is 3.68. The predicted octanol–water partition coefficient (Wildman–Crippen LogP) is -0.240. The summed E-state index contributed by atoms with van der Waals surface area (Å²) in [6.07, 6.45) is 2.14. The zero-order valence-electron chi connectivity index (χ0n) is 9.06. The van der Waals surface area contributed by atoms with Crippen LogP contribution in [0.5, 0.6) is 0 Å². The van der Waals surface area contributed by atoms with Crippen molar-refractivity contribution in [1.29, 1.82) is 0 Å². The molecule has 6 heteroatoms. The fourth-order valence-electron chi connectivity index (χ4n) is 1.89. The molecule has 2 rings (SSSR count). The lowest BCUT2D eigenvalue weighted by atomic mass is 10.1. The molecule has 0 bridgehead atoms. The molecule has 1 atom stereocenters. The van der Waals surface area contributed by atoms with E-state index in [4.69, 9.17) is 0 Å². The van der Waals surface area contributed by atoms with Crippen LogP contribution in [0.15, 0.2) is 12.3 Å². The largest absolute Gasteiger partial charge is 0.353 e. The van der Waals surface area contributed by atoms with Crippen LogP contribution >= 0.6 is 0 Å². The van der Waals surface area contributed by atoms with Gasteiger partial charge in [0.15, 0.2) is 0 Å². The molecule has 16 heavy (non-hydrogen) atoms. The molecule has 6 nitrogen and oxygen atoms in total. The molecule has 0 aromatic carbocycles. The van der Waals surface area contributed by atoms with Crippen LogP contribution in [0.1, 0.15) is 23.8 Å². The number of rotatable bonds is 2. The van der Waals surface area contributed by atoms with Gasteiger partial charge in [0, 0.05) is 19.3 Å². The van der Waals surface area contributed by atoms with E-state index in [2.05, 4.69) is 15.5 Å². The lowest BCUT2D eigenvalue weighted by Crippen LogP contribution is -2.56. The van der Waals surface area contributed by atoms with E-state index >= 15 is 0 Å². The van der Waals surface area contributed by atoms with Crippen molar-refractivity contribution in [3.05, 3.63) is 18.0 Å². The Morgan fingerprint density at radius 3 is 3.12 bits per heavy atom. The first-order chi connectivity index (χ1) is 7.74. The van der Waals surface area contributed by atoms with Gasteiger partial charge in [0.05, 0.1) is 0 Å². The molecule has 0 spiro atoms. The summed E-state index contributed by atoms with van der Waals surface area (Å²) in [6.45, 7) is 2.94. The first-order valence-electron chi connectivity index (χ1n) is 5.32. The van der Waals surface area contributed by atoms with E-state index in [1.165, 1.54) is 6.20 Å². The summed E-state index contributed by atoms with van der Waals surface area (Å²) in [4.78, 5) is 25.2. The molecule has 1 aromatic heterocycles. The first kappa shape index (κ1) is 10.7. The van der Waals surface area contributed by atoms with Crippen LogP contribution in [-0.2, 0) is 4.79 Å². The molecule has 1 saturated heterocycles. The van der Waals surface area contributed by atoms with E-state index in [1.54, 1.807) is 11.0 Å². The van der Waals surface area contributed by atoms with Gasteiger partial charge in [-0.3, -0.25) is 14.7 Å². The van der Waals surface area contributed by atoms with E-state index in [0.717, 1.165) is 0 Å². The predicted molar refractivity (Wildman–Crippen MR) is 56.7 cm³/mol. The molecular formula is C10H14N4O2. The minimum atomic E-state index is -0.371. The molecule has 1 aromatic rings. The first-order valence-corrected chi connectivity index (χ1v) is 5.32. The number of piperazine rings is 1. The van der Waals surface area contributed by atoms with Crippen molar-refractivity contribution < 1.29 is 9.59 Å². The second-order valence-electron chi connectivity index (χ2n) is 3.68. The molecular weight excluding hydrogens is 208 g/mol. The molecule has 1 fully saturated rings. The number of amides is 2. The topological polar surface area (TPSA) is 78.1 Å². The molecule has 2 amide bonds. The Kier molecular flexibility index (Phi) is 2.89. The van der Waals surface area contributed by atoms with Crippen LogP contribution in [0.25, 0.3) is 0 Å². The van der Waals surface area contributed by atoms with Gasteiger partial charge in [-0.1, -0.05) is 6.92 Å². The third-order valence-corrected chi connectivity index (χ3v) is 2.71. The van der Waals surface area contributed by atoms with Gasteiger partial charge < -0.3 is 10.2 Å². The highest BCUT2D eigenvalue weighted by Gasteiger charge is 2.32. The third-order valence-electron chi connectivity index (χ3n) is 2.71. The maximum Gasteiger partial charge on any atom is 0.272 e. The van der Waals surface area contributed by atoms with Crippen LogP contribution in [0.2, 0.25) is 0 Å². The smallest absolute Gasteiger partial charge is 0.272 e. The number of nitrogens with zero attached hydrogens (tertiary/aromatic N) is 2. The van der Waals surface area contributed by atoms with Crippen molar-refractivity contribution in [3.63, 3.8) is 0 Å². The Hall–Kier alpha value is -1.85. The van der Waals surface area contributed by atoms with Gasteiger partial charge in [-0.2, -0.15) is 5.10 Å². The average Bonchev–Trinajstić information content (AvgIpc) is 2.81. The highest BCUT2D eigenvalue weighted by atomic mass is 16.2. The van der Waals surface area contributed by atoms with Gasteiger partial charge in [0.1, 0.15) is 11.7 Å². The molecule has 1 unspecified atom stereocenters. The number of aromatic nitrogens is 2. The quantitative estimate of drug-likeness (QED) is 0.725. The van der Waals surface area contributed by atoms with Crippen molar-refractivity contribution in [2.24, 2.45) is 0 Å². The van der Waals surface area contributed by atoms with Gasteiger partial charge in [-0.25, -0.2) is 0 Å². The van der Waals surface area contributed by atoms with Crippen LogP contribution in [0.3, 0.4) is 0 Å². The SMILES string of the molecule is CCC1C(=O)NCCN1C(=O)c1ccn[nH]1. The second kappa shape index (κ2) is 4.34. The normalized spacial score (nSPS) is 20.7. The van der Waals surface area contributed by atoms with E-state index < -0.39 is 0 Å². The molecule has 1 aliphatic heterocycles. The summed E-state index contributed by atoms with van der Waals surface area (Å²) in [5.41, 5.74) is 0.424. The Labute approximate surface area is 93.0 Å². The van der Waals surface area contributed by atoms with Gasteiger partial charge in [-0.15, -0.1) is 0 Å². The monoisotopic (exact) mass is 222 g/mol. The minimum Gasteiger partial charge on any atom is -0.353 e. The number of aromatic amines is 1.